The summed E-state index contributed by atoms with van der Waals surface area (Å²) in [4.78, 5) is 0. The van der Waals surface area contributed by atoms with Crippen LogP contribution in [-0.2, 0) is 0 Å². The summed E-state index contributed by atoms with van der Waals surface area (Å²) >= 11 is 0. The number of hydrogen-bond donors (Lipinski definition) is 0. The Morgan fingerprint density at radius 1 is 0.923 bits per heavy atom. The highest BCUT2D eigenvalue weighted by Gasteiger charge is 2.05. The van der Waals surface area contributed by atoms with Crippen LogP contribution in [0, 0.1) is 12.3 Å². The van der Waals surface area contributed by atoms with Crippen molar-refractivity contribution in [2.45, 2.75) is 72.1 Å². The zero-order valence-electron chi connectivity index (χ0n) is 9.81. The predicted octanol–water partition coefficient (Wildman–Crippen LogP) is 4.99. The van der Waals surface area contributed by atoms with Gasteiger partial charge >= 0.3 is 0 Å². The fraction of sp³-hybridized carbons (Fsp3) is 0.923. The van der Waals surface area contributed by atoms with Gasteiger partial charge in [0.15, 0.2) is 0 Å². The van der Waals surface area contributed by atoms with E-state index in [1.807, 2.05) is 0 Å². The van der Waals surface area contributed by atoms with E-state index in [4.69, 9.17) is 0 Å². The van der Waals surface area contributed by atoms with Gasteiger partial charge in [-0.1, -0.05) is 65.7 Å². The minimum absolute atomic E-state index is 0.979. The molecular formula is C13H27. The van der Waals surface area contributed by atoms with Gasteiger partial charge in [-0.2, -0.15) is 0 Å². The summed E-state index contributed by atoms with van der Waals surface area (Å²) in [5, 5.41) is 0. The molecule has 0 aliphatic heterocycles. The summed E-state index contributed by atoms with van der Waals surface area (Å²) in [6.45, 7) is 6.77. The molecule has 0 spiro atoms. The summed E-state index contributed by atoms with van der Waals surface area (Å²) in [6, 6.07) is 0. The van der Waals surface area contributed by atoms with Crippen molar-refractivity contribution in [1.29, 1.82) is 0 Å². The van der Waals surface area contributed by atoms with E-state index in [9.17, 15) is 0 Å². The maximum absolute atomic E-state index is 2.33. The van der Waals surface area contributed by atoms with Gasteiger partial charge in [-0.25, -0.2) is 0 Å². The SMILES string of the molecule is C[CH]CC(CCC)CCCCCC. The quantitative estimate of drug-likeness (QED) is 0.442. The van der Waals surface area contributed by atoms with Crippen molar-refractivity contribution in [2.75, 3.05) is 0 Å². The number of hydrogen-bond acceptors (Lipinski definition) is 0. The molecule has 0 rings (SSSR count). The van der Waals surface area contributed by atoms with E-state index in [-0.39, 0.29) is 0 Å². The van der Waals surface area contributed by atoms with Crippen molar-refractivity contribution in [3.8, 4) is 0 Å². The first-order valence-electron chi connectivity index (χ1n) is 6.12. The summed E-state index contributed by atoms with van der Waals surface area (Å²) in [5.74, 6) is 0.979. The third kappa shape index (κ3) is 8.33. The van der Waals surface area contributed by atoms with E-state index < -0.39 is 0 Å². The second kappa shape index (κ2) is 10.1. The molecule has 0 fully saturated rings. The van der Waals surface area contributed by atoms with Gasteiger partial charge in [-0.15, -0.1) is 0 Å². The Morgan fingerprint density at radius 2 is 1.69 bits per heavy atom. The van der Waals surface area contributed by atoms with Crippen molar-refractivity contribution in [3.05, 3.63) is 6.42 Å². The van der Waals surface area contributed by atoms with Gasteiger partial charge in [0.25, 0.3) is 0 Å². The van der Waals surface area contributed by atoms with Gasteiger partial charge in [0.2, 0.25) is 0 Å². The summed E-state index contributed by atoms with van der Waals surface area (Å²) in [5.41, 5.74) is 0. The highest BCUT2D eigenvalue weighted by molar-refractivity contribution is 4.66. The van der Waals surface area contributed by atoms with E-state index in [2.05, 4.69) is 27.2 Å². The lowest BCUT2D eigenvalue weighted by Gasteiger charge is -2.14. The predicted molar refractivity (Wildman–Crippen MR) is 61.7 cm³/mol. The van der Waals surface area contributed by atoms with Crippen LogP contribution < -0.4 is 0 Å². The van der Waals surface area contributed by atoms with Gasteiger partial charge < -0.3 is 0 Å². The first kappa shape index (κ1) is 13.0. The molecule has 0 bridgehead atoms. The molecular weight excluding hydrogens is 156 g/mol. The molecule has 0 aromatic carbocycles. The van der Waals surface area contributed by atoms with Gasteiger partial charge in [-0.3, -0.25) is 0 Å². The molecule has 0 saturated carbocycles. The van der Waals surface area contributed by atoms with Gasteiger partial charge in [0.05, 0.1) is 0 Å². The van der Waals surface area contributed by atoms with Crippen LogP contribution in [0.25, 0.3) is 0 Å². The third-order valence-corrected chi connectivity index (χ3v) is 2.73. The lowest BCUT2D eigenvalue weighted by molar-refractivity contribution is 0.416. The van der Waals surface area contributed by atoms with Gasteiger partial charge in [-0.05, 0) is 18.8 Å². The Hall–Kier alpha value is 0. The fourth-order valence-electron chi connectivity index (χ4n) is 1.98. The van der Waals surface area contributed by atoms with Crippen LogP contribution in [0.3, 0.4) is 0 Å². The maximum Gasteiger partial charge on any atom is -0.0412 e. The smallest absolute Gasteiger partial charge is 0.0412 e. The highest BCUT2D eigenvalue weighted by Crippen LogP contribution is 2.20. The topological polar surface area (TPSA) is 0 Å². The van der Waals surface area contributed by atoms with Crippen LogP contribution >= 0.6 is 0 Å². The third-order valence-electron chi connectivity index (χ3n) is 2.73. The molecule has 13 heavy (non-hydrogen) atoms. The Labute approximate surface area is 85.1 Å². The monoisotopic (exact) mass is 183 g/mol. The highest BCUT2D eigenvalue weighted by atomic mass is 14.1. The maximum atomic E-state index is 2.33. The van der Waals surface area contributed by atoms with Crippen molar-refractivity contribution >= 4 is 0 Å². The molecule has 0 N–H and O–H groups in total. The molecule has 1 atom stereocenters. The van der Waals surface area contributed by atoms with Crippen LogP contribution in [0.4, 0.5) is 0 Å². The van der Waals surface area contributed by atoms with E-state index in [1.165, 1.54) is 51.4 Å². The largest absolute Gasteiger partial charge is 0.0654 e. The standard InChI is InChI=1S/C13H27/c1-4-7-8-9-12-13(10-5-2)11-6-3/h5,13H,4,6-12H2,1-3H3. The zero-order chi connectivity index (χ0) is 9.94. The van der Waals surface area contributed by atoms with Crippen LogP contribution in [-0.4, -0.2) is 0 Å². The fourth-order valence-corrected chi connectivity index (χ4v) is 1.98. The van der Waals surface area contributed by atoms with Crippen LogP contribution in [0.15, 0.2) is 0 Å². The number of unbranched alkanes of at least 4 members (excludes halogenated alkanes) is 3. The molecule has 0 heterocycles. The van der Waals surface area contributed by atoms with Crippen LogP contribution in [0.5, 0.6) is 0 Å². The average molecular weight is 183 g/mol. The molecule has 0 heteroatoms. The lowest BCUT2D eigenvalue weighted by Crippen LogP contribution is -1.99. The molecule has 0 aliphatic rings. The van der Waals surface area contributed by atoms with Crippen molar-refractivity contribution < 1.29 is 0 Å². The Kier molecular flexibility index (Phi) is 10.1. The second-order valence-electron chi connectivity index (χ2n) is 4.15. The van der Waals surface area contributed by atoms with E-state index in [0.717, 1.165) is 5.92 Å². The Balaban J connectivity index is 3.33. The molecule has 0 nitrogen and oxygen atoms in total. The molecule has 0 saturated heterocycles. The molecule has 1 unspecified atom stereocenters. The molecule has 0 amide bonds. The minimum Gasteiger partial charge on any atom is -0.0654 e. The van der Waals surface area contributed by atoms with E-state index >= 15 is 0 Å². The Morgan fingerprint density at radius 3 is 2.23 bits per heavy atom. The van der Waals surface area contributed by atoms with Gasteiger partial charge in [0, 0.05) is 0 Å². The van der Waals surface area contributed by atoms with Crippen molar-refractivity contribution in [3.63, 3.8) is 0 Å². The normalized spacial score (nSPS) is 11.1. The van der Waals surface area contributed by atoms with Crippen molar-refractivity contribution in [1.82, 2.24) is 0 Å². The van der Waals surface area contributed by atoms with E-state index in [1.54, 1.807) is 0 Å². The van der Waals surface area contributed by atoms with Crippen molar-refractivity contribution in [2.24, 2.45) is 5.92 Å². The zero-order valence-corrected chi connectivity index (χ0v) is 9.81. The molecule has 79 valence electrons. The van der Waals surface area contributed by atoms with E-state index in [0.29, 0.717) is 0 Å². The van der Waals surface area contributed by atoms with Crippen LogP contribution in [0.2, 0.25) is 0 Å². The van der Waals surface area contributed by atoms with Gasteiger partial charge in [0.1, 0.15) is 0 Å². The molecule has 0 aromatic heterocycles. The summed E-state index contributed by atoms with van der Waals surface area (Å²) < 4.78 is 0. The minimum atomic E-state index is 0.979. The molecule has 0 aromatic rings. The summed E-state index contributed by atoms with van der Waals surface area (Å²) in [6.07, 6.45) is 13.6. The average Bonchev–Trinajstić information content (AvgIpc) is 2.13. The summed E-state index contributed by atoms with van der Waals surface area (Å²) in [7, 11) is 0. The number of rotatable bonds is 9. The molecule has 1 radical (unpaired) electrons. The first-order chi connectivity index (χ1) is 6.35. The lowest BCUT2D eigenvalue weighted by atomic mass is 9.92. The second-order valence-corrected chi connectivity index (χ2v) is 4.15. The van der Waals surface area contributed by atoms with Crippen LogP contribution in [0.1, 0.15) is 72.1 Å². The first-order valence-corrected chi connectivity index (χ1v) is 6.12. The Bertz CT molecular complexity index is 80.0. The molecule has 0 aliphatic carbocycles.